The Balaban J connectivity index is 1.83. The number of benzene rings is 1. The van der Waals surface area contributed by atoms with Crippen LogP contribution < -0.4 is 10.6 Å². The number of likely N-dealkylation sites (N-methyl/N-ethyl adjacent to an activating group) is 1. The number of amides is 1. The van der Waals surface area contributed by atoms with Crippen molar-refractivity contribution in [3.05, 3.63) is 29.3 Å². The maximum atomic E-state index is 12.2. The molecule has 0 saturated carbocycles. The van der Waals surface area contributed by atoms with Crippen molar-refractivity contribution in [2.75, 3.05) is 39.0 Å². The zero-order chi connectivity index (χ0) is 15.7. The molecular formula is C16H21N3O3. The Morgan fingerprint density at radius 1 is 1.36 bits per heavy atom. The van der Waals surface area contributed by atoms with E-state index in [2.05, 4.69) is 10.6 Å². The van der Waals surface area contributed by atoms with Gasteiger partial charge in [0.15, 0.2) is 0 Å². The molecule has 0 bridgehead atoms. The largest absolute Gasteiger partial charge is 0.450 e. The van der Waals surface area contributed by atoms with Crippen LogP contribution >= 0.6 is 0 Å². The molecule has 1 aromatic carbocycles. The van der Waals surface area contributed by atoms with Gasteiger partial charge in [-0.3, -0.25) is 4.79 Å². The van der Waals surface area contributed by atoms with E-state index < -0.39 is 5.60 Å². The van der Waals surface area contributed by atoms with Crippen LogP contribution in [0.2, 0.25) is 0 Å². The van der Waals surface area contributed by atoms with Crippen LogP contribution in [0, 0.1) is 0 Å². The van der Waals surface area contributed by atoms with Gasteiger partial charge >= 0.3 is 5.97 Å². The number of anilines is 1. The molecule has 0 radical (unpaired) electrons. The minimum absolute atomic E-state index is 0.104. The Bertz CT molecular complexity index is 607. The predicted molar refractivity (Wildman–Crippen MR) is 82.8 cm³/mol. The highest BCUT2D eigenvalue weighted by molar-refractivity contribution is 5.98. The molecule has 2 N–H and O–H groups in total. The molecular weight excluding hydrogens is 282 g/mol. The van der Waals surface area contributed by atoms with Gasteiger partial charge in [0.25, 0.3) is 0 Å². The molecule has 2 heterocycles. The molecule has 6 heteroatoms. The number of ether oxygens (including phenoxy) is 1. The van der Waals surface area contributed by atoms with Crippen LogP contribution in [-0.2, 0) is 15.1 Å². The number of fused-ring (bicyclic) bond motifs is 2. The van der Waals surface area contributed by atoms with Crippen LogP contribution in [-0.4, -0.2) is 50.5 Å². The van der Waals surface area contributed by atoms with Crippen molar-refractivity contribution in [1.29, 1.82) is 0 Å². The summed E-state index contributed by atoms with van der Waals surface area (Å²) < 4.78 is 5.68. The van der Waals surface area contributed by atoms with E-state index in [0.29, 0.717) is 17.8 Å². The highest BCUT2D eigenvalue weighted by Crippen LogP contribution is 2.43. The standard InChI is InChI=1S/C16H21N3O3/c1-19(2)10-14(20)18-11-3-4-13-12(9-11)15(21)22-16(13)5-7-17-8-6-16/h3-4,9,17H,5-8,10H2,1-2H3,(H,18,20). The zero-order valence-corrected chi connectivity index (χ0v) is 12.9. The maximum Gasteiger partial charge on any atom is 0.339 e. The lowest BCUT2D eigenvalue weighted by Crippen LogP contribution is -2.39. The van der Waals surface area contributed by atoms with E-state index >= 15 is 0 Å². The Hall–Kier alpha value is -1.92. The molecule has 22 heavy (non-hydrogen) atoms. The summed E-state index contributed by atoms with van der Waals surface area (Å²) in [5, 5.41) is 6.10. The molecule has 0 aromatic heterocycles. The summed E-state index contributed by atoms with van der Waals surface area (Å²) in [6, 6.07) is 5.48. The molecule has 2 aliphatic rings. The number of esters is 1. The maximum absolute atomic E-state index is 12.2. The Kier molecular flexibility index (Phi) is 3.88. The lowest BCUT2D eigenvalue weighted by molar-refractivity contribution is -0.116. The van der Waals surface area contributed by atoms with Crippen LogP contribution in [0.5, 0.6) is 0 Å². The first-order valence-electron chi connectivity index (χ1n) is 7.53. The van der Waals surface area contributed by atoms with Crippen LogP contribution in [0.25, 0.3) is 0 Å². The molecule has 6 nitrogen and oxygen atoms in total. The van der Waals surface area contributed by atoms with Crippen molar-refractivity contribution in [3.63, 3.8) is 0 Å². The highest BCUT2D eigenvalue weighted by Gasteiger charge is 2.46. The van der Waals surface area contributed by atoms with Gasteiger partial charge in [-0.1, -0.05) is 6.07 Å². The number of hydrogen-bond donors (Lipinski definition) is 2. The second-order valence-corrected chi connectivity index (χ2v) is 6.18. The summed E-state index contributed by atoms with van der Waals surface area (Å²) in [6.45, 7) is 1.99. The summed E-state index contributed by atoms with van der Waals surface area (Å²) >= 11 is 0. The Labute approximate surface area is 129 Å². The van der Waals surface area contributed by atoms with E-state index in [4.69, 9.17) is 4.74 Å². The first kappa shape index (κ1) is 15.0. The average Bonchev–Trinajstić information content (AvgIpc) is 2.71. The fourth-order valence-electron chi connectivity index (χ4n) is 3.17. The summed E-state index contributed by atoms with van der Waals surface area (Å²) in [7, 11) is 3.67. The summed E-state index contributed by atoms with van der Waals surface area (Å²) in [5.74, 6) is -0.395. The smallest absolute Gasteiger partial charge is 0.339 e. The van der Waals surface area contributed by atoms with Crippen molar-refractivity contribution in [2.45, 2.75) is 18.4 Å². The Morgan fingerprint density at radius 3 is 2.77 bits per heavy atom. The number of rotatable bonds is 3. The molecule has 0 aliphatic carbocycles. The summed E-state index contributed by atoms with van der Waals surface area (Å²) in [5.41, 5.74) is 1.67. The lowest BCUT2D eigenvalue weighted by atomic mass is 9.84. The third-order valence-electron chi connectivity index (χ3n) is 4.17. The minimum atomic E-state index is -0.482. The van der Waals surface area contributed by atoms with Gasteiger partial charge in [0.1, 0.15) is 5.60 Å². The molecule has 1 spiro atoms. The van der Waals surface area contributed by atoms with E-state index in [1.165, 1.54) is 0 Å². The van der Waals surface area contributed by atoms with Crippen LogP contribution in [0.3, 0.4) is 0 Å². The van der Waals surface area contributed by atoms with E-state index in [9.17, 15) is 9.59 Å². The minimum Gasteiger partial charge on any atom is -0.450 e. The number of nitrogens with zero attached hydrogens (tertiary/aromatic N) is 1. The molecule has 0 atom stereocenters. The van der Waals surface area contributed by atoms with Crippen molar-refractivity contribution < 1.29 is 14.3 Å². The van der Waals surface area contributed by atoms with Gasteiger partial charge in [-0.15, -0.1) is 0 Å². The van der Waals surface area contributed by atoms with Crippen molar-refractivity contribution in [3.8, 4) is 0 Å². The molecule has 1 aromatic rings. The Morgan fingerprint density at radius 2 is 2.09 bits per heavy atom. The van der Waals surface area contributed by atoms with E-state index in [1.807, 2.05) is 26.2 Å². The molecule has 1 fully saturated rings. The first-order valence-corrected chi connectivity index (χ1v) is 7.53. The molecule has 1 saturated heterocycles. The number of hydrogen-bond acceptors (Lipinski definition) is 5. The second-order valence-electron chi connectivity index (χ2n) is 6.18. The number of carbonyl (C=O) groups excluding carboxylic acids is 2. The van der Waals surface area contributed by atoms with E-state index in [-0.39, 0.29) is 11.9 Å². The van der Waals surface area contributed by atoms with Crippen LogP contribution in [0.1, 0.15) is 28.8 Å². The lowest BCUT2D eigenvalue weighted by Gasteiger charge is -2.33. The van der Waals surface area contributed by atoms with Crippen LogP contribution in [0.15, 0.2) is 18.2 Å². The van der Waals surface area contributed by atoms with Gasteiger partial charge in [0.05, 0.1) is 12.1 Å². The number of nitrogens with one attached hydrogen (secondary N) is 2. The first-order chi connectivity index (χ1) is 10.5. The zero-order valence-electron chi connectivity index (χ0n) is 12.9. The number of carbonyl (C=O) groups is 2. The summed E-state index contributed by atoms with van der Waals surface area (Å²) in [4.78, 5) is 25.8. The molecule has 1 amide bonds. The molecule has 2 aliphatic heterocycles. The molecule has 3 rings (SSSR count). The van der Waals surface area contributed by atoms with Crippen molar-refractivity contribution in [2.24, 2.45) is 0 Å². The molecule has 118 valence electrons. The van der Waals surface area contributed by atoms with Gasteiger partial charge in [0.2, 0.25) is 5.91 Å². The van der Waals surface area contributed by atoms with Crippen molar-refractivity contribution in [1.82, 2.24) is 10.2 Å². The van der Waals surface area contributed by atoms with Gasteiger partial charge in [-0.2, -0.15) is 0 Å². The second kappa shape index (κ2) is 5.70. The predicted octanol–water partition coefficient (Wildman–Crippen LogP) is 0.936. The fourth-order valence-corrected chi connectivity index (χ4v) is 3.17. The monoisotopic (exact) mass is 303 g/mol. The van der Waals surface area contributed by atoms with Gasteiger partial charge in [-0.05, 0) is 39.3 Å². The third-order valence-corrected chi connectivity index (χ3v) is 4.17. The number of piperidine rings is 1. The topological polar surface area (TPSA) is 70.7 Å². The van der Waals surface area contributed by atoms with Crippen molar-refractivity contribution >= 4 is 17.6 Å². The quantitative estimate of drug-likeness (QED) is 0.813. The van der Waals surface area contributed by atoms with Gasteiger partial charge < -0.3 is 20.3 Å². The fraction of sp³-hybridized carbons (Fsp3) is 0.500. The SMILES string of the molecule is CN(C)CC(=O)Nc1ccc2c(c1)C(=O)OC21CCNCC1. The van der Waals surface area contributed by atoms with Gasteiger partial charge in [0, 0.05) is 24.1 Å². The summed E-state index contributed by atoms with van der Waals surface area (Å²) in [6.07, 6.45) is 1.58. The van der Waals surface area contributed by atoms with Gasteiger partial charge in [-0.25, -0.2) is 4.79 Å². The molecule has 0 unspecified atom stereocenters. The van der Waals surface area contributed by atoms with Crippen LogP contribution in [0.4, 0.5) is 5.69 Å². The van der Waals surface area contributed by atoms with E-state index in [0.717, 1.165) is 31.5 Å². The average molecular weight is 303 g/mol. The van der Waals surface area contributed by atoms with E-state index in [1.54, 1.807) is 11.0 Å². The third kappa shape index (κ3) is 2.71. The normalized spacial score (nSPS) is 19.1. The highest BCUT2D eigenvalue weighted by atomic mass is 16.6.